The number of hydrogen-bond acceptors (Lipinski definition) is 3. The minimum atomic E-state index is -0.612. The van der Waals surface area contributed by atoms with Crippen LogP contribution >= 0.6 is 0 Å². The second-order valence-corrected chi connectivity index (χ2v) is 4.31. The Labute approximate surface area is 110 Å². The molecule has 19 heavy (non-hydrogen) atoms. The van der Waals surface area contributed by atoms with Gasteiger partial charge in [-0.2, -0.15) is 0 Å². The quantitative estimate of drug-likeness (QED) is 0.794. The lowest BCUT2D eigenvalue weighted by atomic mass is 10.1. The summed E-state index contributed by atoms with van der Waals surface area (Å²) in [5.41, 5.74) is 0.850. The van der Waals surface area contributed by atoms with Gasteiger partial charge >= 0.3 is 5.56 Å². The van der Waals surface area contributed by atoms with E-state index in [1.807, 2.05) is 24.3 Å². The van der Waals surface area contributed by atoms with Crippen molar-refractivity contribution in [2.45, 2.75) is 19.3 Å². The number of ether oxygens (including phenoxy) is 1. The molecule has 0 spiro atoms. The molecule has 0 bridgehead atoms. The molecule has 0 amide bonds. The third-order valence-electron chi connectivity index (χ3n) is 2.94. The van der Waals surface area contributed by atoms with Crippen LogP contribution in [-0.2, 0) is 12.8 Å². The molecule has 2 N–H and O–H groups in total. The van der Waals surface area contributed by atoms with Crippen molar-refractivity contribution in [1.29, 1.82) is 0 Å². The highest BCUT2D eigenvalue weighted by molar-refractivity contribution is 5.27. The highest BCUT2D eigenvalue weighted by Gasteiger charge is 1.99. The number of benzene rings is 1. The summed E-state index contributed by atoms with van der Waals surface area (Å²) in [7, 11) is 1.64. The molecule has 0 saturated heterocycles. The molecule has 5 nitrogen and oxygen atoms in total. The Morgan fingerprint density at radius 3 is 2.42 bits per heavy atom. The van der Waals surface area contributed by atoms with Crippen molar-refractivity contribution in [3.8, 4) is 5.75 Å². The molecule has 2 aromatic rings. The van der Waals surface area contributed by atoms with Crippen LogP contribution in [0.15, 0.2) is 39.9 Å². The van der Waals surface area contributed by atoms with Crippen molar-refractivity contribution in [2.75, 3.05) is 7.11 Å². The van der Waals surface area contributed by atoms with Gasteiger partial charge in [-0.05, 0) is 37.0 Å². The van der Waals surface area contributed by atoms with E-state index >= 15 is 0 Å². The van der Waals surface area contributed by atoms with Gasteiger partial charge in [0.1, 0.15) is 5.75 Å². The van der Waals surface area contributed by atoms with E-state index < -0.39 is 11.0 Å². The Hall–Kier alpha value is -2.30. The second-order valence-electron chi connectivity index (χ2n) is 4.31. The van der Waals surface area contributed by atoms with Gasteiger partial charge in [0.2, 0.25) is 5.43 Å². The minimum Gasteiger partial charge on any atom is -0.497 e. The molecule has 5 heteroatoms. The maximum Gasteiger partial charge on any atom is 0.310 e. The standard InChI is InChI=1S/C14H16N2O3/c1-19-12-7-5-10(6-8-12)3-2-4-11-9-13(17)14(18)16-15-11/h5-9H,2-4H2,1H3,(H,15,17)(H,16,18). The van der Waals surface area contributed by atoms with E-state index in [9.17, 15) is 9.59 Å². The van der Waals surface area contributed by atoms with Crippen LogP contribution in [0.1, 0.15) is 17.7 Å². The van der Waals surface area contributed by atoms with Crippen LogP contribution in [0.25, 0.3) is 0 Å². The van der Waals surface area contributed by atoms with Crippen LogP contribution < -0.4 is 15.7 Å². The number of nitrogens with one attached hydrogen (secondary N) is 2. The van der Waals surface area contributed by atoms with E-state index in [2.05, 4.69) is 10.2 Å². The van der Waals surface area contributed by atoms with Crippen LogP contribution in [0, 0.1) is 0 Å². The molecule has 0 saturated carbocycles. The maximum absolute atomic E-state index is 11.2. The first-order chi connectivity index (χ1) is 9.19. The summed E-state index contributed by atoms with van der Waals surface area (Å²) in [6.07, 6.45) is 2.53. The van der Waals surface area contributed by atoms with Crippen LogP contribution in [0.3, 0.4) is 0 Å². The van der Waals surface area contributed by atoms with Crippen LogP contribution in [0.2, 0.25) is 0 Å². The van der Waals surface area contributed by atoms with Crippen molar-refractivity contribution in [1.82, 2.24) is 10.2 Å². The first kappa shape index (κ1) is 13.1. The Balaban J connectivity index is 1.90. The average Bonchev–Trinajstić information content (AvgIpc) is 2.43. The summed E-state index contributed by atoms with van der Waals surface area (Å²) < 4.78 is 5.09. The zero-order chi connectivity index (χ0) is 13.7. The van der Waals surface area contributed by atoms with Crippen LogP contribution in [-0.4, -0.2) is 17.3 Å². The Morgan fingerprint density at radius 1 is 1.05 bits per heavy atom. The van der Waals surface area contributed by atoms with Crippen LogP contribution in [0.4, 0.5) is 0 Å². The molecule has 0 aliphatic rings. The summed E-state index contributed by atoms with van der Waals surface area (Å²) in [6, 6.07) is 9.25. The van der Waals surface area contributed by atoms with E-state index in [1.165, 1.54) is 11.6 Å². The van der Waals surface area contributed by atoms with Crippen LogP contribution in [0.5, 0.6) is 5.75 Å². The molecule has 0 radical (unpaired) electrons. The van der Waals surface area contributed by atoms with Gasteiger partial charge in [-0.15, -0.1) is 0 Å². The Bertz CT molecular complexity index is 641. The predicted molar refractivity (Wildman–Crippen MR) is 72.7 cm³/mol. The number of rotatable bonds is 5. The van der Waals surface area contributed by atoms with Gasteiger partial charge in [0.25, 0.3) is 0 Å². The van der Waals surface area contributed by atoms with Crippen molar-refractivity contribution in [3.63, 3.8) is 0 Å². The van der Waals surface area contributed by atoms with Gasteiger partial charge in [0, 0.05) is 11.8 Å². The monoisotopic (exact) mass is 260 g/mol. The lowest BCUT2D eigenvalue weighted by Gasteiger charge is -2.04. The largest absolute Gasteiger partial charge is 0.497 e. The molecule has 1 aromatic heterocycles. The molecular formula is C14H16N2O3. The van der Waals surface area contributed by atoms with E-state index in [1.54, 1.807) is 7.11 Å². The van der Waals surface area contributed by atoms with Crippen molar-refractivity contribution < 1.29 is 4.74 Å². The van der Waals surface area contributed by atoms with Gasteiger partial charge < -0.3 is 9.84 Å². The molecule has 0 aliphatic carbocycles. The minimum absolute atomic E-state index is 0.502. The first-order valence-electron chi connectivity index (χ1n) is 6.13. The van der Waals surface area contributed by atoms with E-state index in [-0.39, 0.29) is 0 Å². The molecule has 1 aromatic carbocycles. The van der Waals surface area contributed by atoms with Crippen molar-refractivity contribution >= 4 is 0 Å². The lowest BCUT2D eigenvalue weighted by molar-refractivity contribution is 0.414. The highest BCUT2D eigenvalue weighted by atomic mass is 16.5. The summed E-state index contributed by atoms with van der Waals surface area (Å²) in [4.78, 5) is 22.1. The fraction of sp³-hybridized carbons (Fsp3) is 0.286. The summed E-state index contributed by atoms with van der Waals surface area (Å²) >= 11 is 0. The smallest absolute Gasteiger partial charge is 0.310 e. The lowest BCUT2D eigenvalue weighted by Crippen LogP contribution is -2.27. The Morgan fingerprint density at radius 2 is 1.79 bits per heavy atom. The number of aryl methyl sites for hydroxylation is 2. The molecular weight excluding hydrogens is 244 g/mol. The third-order valence-corrected chi connectivity index (χ3v) is 2.94. The number of aromatic nitrogens is 2. The highest BCUT2D eigenvalue weighted by Crippen LogP contribution is 2.13. The third kappa shape index (κ3) is 3.58. The number of H-pyrrole nitrogens is 2. The van der Waals surface area contributed by atoms with Gasteiger partial charge in [-0.25, -0.2) is 0 Å². The summed E-state index contributed by atoms with van der Waals surface area (Å²) in [6.45, 7) is 0. The number of aromatic amines is 2. The molecule has 2 rings (SSSR count). The fourth-order valence-electron chi connectivity index (χ4n) is 1.87. The van der Waals surface area contributed by atoms with Gasteiger partial charge in [0.15, 0.2) is 0 Å². The van der Waals surface area contributed by atoms with Gasteiger partial charge in [-0.3, -0.25) is 14.7 Å². The average molecular weight is 260 g/mol. The van der Waals surface area contributed by atoms with E-state index in [0.29, 0.717) is 0 Å². The number of hydrogen-bond donors (Lipinski definition) is 2. The van der Waals surface area contributed by atoms with Crippen molar-refractivity contribution in [2.24, 2.45) is 0 Å². The summed E-state index contributed by atoms with van der Waals surface area (Å²) in [5, 5.41) is 5.05. The molecule has 1 heterocycles. The zero-order valence-electron chi connectivity index (χ0n) is 10.7. The predicted octanol–water partition coefficient (Wildman–Crippen LogP) is 1.25. The normalized spacial score (nSPS) is 10.4. The SMILES string of the molecule is COc1ccc(CCCc2cc(=O)c(=O)[nH][nH]2)cc1. The topological polar surface area (TPSA) is 75.0 Å². The molecule has 0 aliphatic heterocycles. The fourth-order valence-corrected chi connectivity index (χ4v) is 1.87. The molecule has 0 fully saturated rings. The van der Waals surface area contributed by atoms with Crippen molar-refractivity contribution in [3.05, 3.63) is 62.2 Å². The van der Waals surface area contributed by atoms with Gasteiger partial charge in [-0.1, -0.05) is 12.1 Å². The Kier molecular flexibility index (Phi) is 4.18. The first-order valence-corrected chi connectivity index (χ1v) is 6.13. The second kappa shape index (κ2) is 6.04. The molecule has 100 valence electrons. The zero-order valence-corrected chi connectivity index (χ0v) is 10.7. The summed E-state index contributed by atoms with van der Waals surface area (Å²) in [5.74, 6) is 0.841. The molecule has 0 atom stereocenters. The van der Waals surface area contributed by atoms with E-state index in [0.717, 1.165) is 30.7 Å². The number of methoxy groups -OCH3 is 1. The molecule has 0 unspecified atom stereocenters. The van der Waals surface area contributed by atoms with E-state index in [4.69, 9.17) is 4.74 Å². The van der Waals surface area contributed by atoms with Gasteiger partial charge in [0.05, 0.1) is 7.11 Å². The maximum atomic E-state index is 11.2.